The molecule has 0 bridgehead atoms. The van der Waals surface area contributed by atoms with Crippen LogP contribution >= 0.6 is 0 Å². The van der Waals surface area contributed by atoms with Crippen LogP contribution in [0, 0.1) is 5.82 Å². The number of nitrogens with two attached hydrogens (primary N) is 1. The Morgan fingerprint density at radius 1 is 1.25 bits per heavy atom. The molecule has 0 radical (unpaired) electrons. The Morgan fingerprint density at radius 2 is 1.88 bits per heavy atom. The summed E-state index contributed by atoms with van der Waals surface area (Å²) in [4.78, 5) is 2.11. The largest absolute Gasteiger partial charge is 0.375 e. The lowest BCUT2D eigenvalue weighted by Gasteiger charge is -2.21. The first-order valence-electron chi connectivity index (χ1n) is 5.85. The quantitative estimate of drug-likeness (QED) is 0.805. The number of benzene rings is 1. The van der Waals surface area contributed by atoms with Crippen molar-refractivity contribution in [1.82, 2.24) is 0 Å². The van der Waals surface area contributed by atoms with Crippen LogP contribution in [-0.4, -0.2) is 19.6 Å². The molecule has 1 aromatic rings. The zero-order chi connectivity index (χ0) is 12.0. The van der Waals surface area contributed by atoms with Crippen molar-refractivity contribution < 1.29 is 4.39 Å². The Balaban J connectivity index is 2.40. The van der Waals surface area contributed by atoms with E-state index in [4.69, 9.17) is 5.73 Å². The van der Waals surface area contributed by atoms with E-state index in [9.17, 15) is 4.39 Å². The summed E-state index contributed by atoms with van der Waals surface area (Å²) in [6.45, 7) is 3.05. The molecule has 0 spiro atoms. The number of nitrogens with zero attached hydrogens (tertiary/aromatic N) is 1. The molecule has 0 aromatic heterocycles. The fourth-order valence-corrected chi connectivity index (χ4v) is 1.70. The van der Waals surface area contributed by atoms with Crippen LogP contribution in [-0.2, 0) is 0 Å². The first-order valence-corrected chi connectivity index (χ1v) is 5.85. The topological polar surface area (TPSA) is 29.3 Å². The molecule has 0 saturated carbocycles. The maximum atomic E-state index is 12.7. The van der Waals surface area contributed by atoms with Crippen molar-refractivity contribution in [3.05, 3.63) is 30.1 Å². The van der Waals surface area contributed by atoms with Gasteiger partial charge in [-0.15, -0.1) is 0 Å². The van der Waals surface area contributed by atoms with E-state index in [1.807, 2.05) is 7.05 Å². The van der Waals surface area contributed by atoms with Crippen LogP contribution in [0.25, 0.3) is 0 Å². The fourth-order valence-electron chi connectivity index (χ4n) is 1.70. The Kier molecular flexibility index (Phi) is 5.26. The molecule has 0 aliphatic heterocycles. The van der Waals surface area contributed by atoms with Crippen molar-refractivity contribution in [3.8, 4) is 0 Å². The fraction of sp³-hybridized carbons (Fsp3) is 0.538. The first kappa shape index (κ1) is 13.0. The second kappa shape index (κ2) is 6.48. The van der Waals surface area contributed by atoms with Gasteiger partial charge in [-0.05, 0) is 37.1 Å². The number of hydrogen-bond donors (Lipinski definition) is 1. The minimum absolute atomic E-state index is 0.195. The van der Waals surface area contributed by atoms with Gasteiger partial charge in [0.25, 0.3) is 0 Å². The molecule has 3 heteroatoms. The minimum atomic E-state index is -0.195. The van der Waals surface area contributed by atoms with E-state index in [1.165, 1.54) is 12.1 Å². The number of rotatable bonds is 6. The molecule has 16 heavy (non-hydrogen) atoms. The molecule has 0 saturated heterocycles. The maximum Gasteiger partial charge on any atom is 0.123 e. The van der Waals surface area contributed by atoms with Crippen molar-refractivity contribution in [3.63, 3.8) is 0 Å². The van der Waals surface area contributed by atoms with Gasteiger partial charge in [0.1, 0.15) is 5.82 Å². The molecular weight excluding hydrogens is 203 g/mol. The normalized spacial score (nSPS) is 12.5. The summed E-state index contributed by atoms with van der Waals surface area (Å²) in [6, 6.07) is 6.82. The van der Waals surface area contributed by atoms with Gasteiger partial charge in [0.05, 0.1) is 0 Å². The molecule has 1 unspecified atom stereocenters. The Hall–Kier alpha value is -1.09. The zero-order valence-electron chi connectivity index (χ0n) is 10.1. The predicted molar refractivity (Wildman–Crippen MR) is 67.2 cm³/mol. The predicted octanol–water partition coefficient (Wildman–Crippen LogP) is 2.78. The number of halogens is 1. The molecular formula is C13H21FN2. The van der Waals surface area contributed by atoms with Crippen molar-refractivity contribution >= 4 is 5.69 Å². The summed E-state index contributed by atoms with van der Waals surface area (Å²) >= 11 is 0. The molecule has 1 atom stereocenters. The zero-order valence-corrected chi connectivity index (χ0v) is 10.1. The van der Waals surface area contributed by atoms with Gasteiger partial charge in [-0.1, -0.05) is 13.3 Å². The van der Waals surface area contributed by atoms with Gasteiger partial charge >= 0.3 is 0 Å². The third kappa shape index (κ3) is 4.19. The van der Waals surface area contributed by atoms with E-state index in [1.54, 1.807) is 12.1 Å². The van der Waals surface area contributed by atoms with E-state index in [0.29, 0.717) is 0 Å². The third-order valence-corrected chi connectivity index (χ3v) is 2.76. The molecule has 0 aliphatic rings. The smallest absolute Gasteiger partial charge is 0.123 e. The third-order valence-electron chi connectivity index (χ3n) is 2.76. The van der Waals surface area contributed by atoms with Gasteiger partial charge in [0.2, 0.25) is 0 Å². The van der Waals surface area contributed by atoms with Gasteiger partial charge in [-0.3, -0.25) is 0 Å². The maximum absolute atomic E-state index is 12.7. The van der Waals surface area contributed by atoms with Crippen LogP contribution in [0.15, 0.2) is 24.3 Å². The average Bonchev–Trinajstić information content (AvgIpc) is 2.27. The van der Waals surface area contributed by atoms with Crippen molar-refractivity contribution in [2.75, 3.05) is 18.5 Å². The first-order chi connectivity index (χ1) is 7.63. The molecule has 2 nitrogen and oxygen atoms in total. The summed E-state index contributed by atoms with van der Waals surface area (Å²) < 4.78 is 12.7. The molecule has 1 rings (SSSR count). The molecule has 0 aliphatic carbocycles. The summed E-state index contributed by atoms with van der Waals surface area (Å²) in [5.41, 5.74) is 6.98. The summed E-state index contributed by atoms with van der Waals surface area (Å²) in [6.07, 6.45) is 3.17. The Bertz CT molecular complexity index is 297. The van der Waals surface area contributed by atoms with Crippen LogP contribution in [0.1, 0.15) is 26.2 Å². The second-order valence-electron chi connectivity index (χ2n) is 4.24. The lowest BCUT2D eigenvalue weighted by Crippen LogP contribution is -2.27. The van der Waals surface area contributed by atoms with Crippen molar-refractivity contribution in [2.45, 2.75) is 32.2 Å². The molecule has 1 aromatic carbocycles. The van der Waals surface area contributed by atoms with Crippen LogP contribution in [0.3, 0.4) is 0 Å². The standard InChI is InChI=1S/C13H21FN2/c1-3-4-12(15)9-10-16(2)13-7-5-11(14)6-8-13/h5-8,12H,3-4,9-10,15H2,1-2H3. The van der Waals surface area contributed by atoms with E-state index in [0.717, 1.165) is 31.5 Å². The molecule has 0 fully saturated rings. The number of hydrogen-bond acceptors (Lipinski definition) is 2. The lowest BCUT2D eigenvalue weighted by atomic mass is 10.1. The Labute approximate surface area is 97.3 Å². The lowest BCUT2D eigenvalue weighted by molar-refractivity contribution is 0.560. The highest BCUT2D eigenvalue weighted by Crippen LogP contribution is 2.13. The average molecular weight is 224 g/mol. The highest BCUT2D eigenvalue weighted by Gasteiger charge is 2.05. The summed E-state index contributed by atoms with van der Waals surface area (Å²) in [5, 5.41) is 0. The van der Waals surface area contributed by atoms with Crippen LogP contribution in [0.5, 0.6) is 0 Å². The van der Waals surface area contributed by atoms with Crippen molar-refractivity contribution in [2.24, 2.45) is 5.73 Å². The van der Waals surface area contributed by atoms with E-state index in [2.05, 4.69) is 11.8 Å². The van der Waals surface area contributed by atoms with E-state index < -0.39 is 0 Å². The summed E-state index contributed by atoms with van der Waals surface area (Å²) in [7, 11) is 2.01. The highest BCUT2D eigenvalue weighted by molar-refractivity contribution is 5.45. The molecule has 2 N–H and O–H groups in total. The molecule has 0 heterocycles. The van der Waals surface area contributed by atoms with Gasteiger partial charge in [0, 0.05) is 25.3 Å². The minimum Gasteiger partial charge on any atom is -0.375 e. The SMILES string of the molecule is CCCC(N)CCN(C)c1ccc(F)cc1. The van der Waals surface area contributed by atoms with Gasteiger partial charge in [0.15, 0.2) is 0 Å². The van der Waals surface area contributed by atoms with Crippen LogP contribution < -0.4 is 10.6 Å². The Morgan fingerprint density at radius 3 is 2.44 bits per heavy atom. The highest BCUT2D eigenvalue weighted by atomic mass is 19.1. The van der Waals surface area contributed by atoms with E-state index in [-0.39, 0.29) is 11.9 Å². The summed E-state index contributed by atoms with van der Waals surface area (Å²) in [5.74, 6) is -0.195. The van der Waals surface area contributed by atoms with Gasteiger partial charge < -0.3 is 10.6 Å². The van der Waals surface area contributed by atoms with Gasteiger partial charge in [-0.2, -0.15) is 0 Å². The second-order valence-corrected chi connectivity index (χ2v) is 4.24. The molecule has 0 amide bonds. The van der Waals surface area contributed by atoms with E-state index >= 15 is 0 Å². The van der Waals surface area contributed by atoms with Crippen molar-refractivity contribution in [1.29, 1.82) is 0 Å². The van der Waals surface area contributed by atoms with Crippen LogP contribution in [0.2, 0.25) is 0 Å². The number of anilines is 1. The monoisotopic (exact) mass is 224 g/mol. The van der Waals surface area contributed by atoms with Crippen LogP contribution in [0.4, 0.5) is 10.1 Å². The van der Waals surface area contributed by atoms with Gasteiger partial charge in [-0.25, -0.2) is 4.39 Å². The molecule has 90 valence electrons.